The van der Waals surface area contributed by atoms with Crippen LogP contribution in [0.15, 0.2) is 59.7 Å². The molecule has 0 radical (unpaired) electrons. The molecule has 0 aliphatic carbocycles. The standard InChI is InChI=1S/C22H23N5O/c1-15-13-17(16(2)27(15)18-9-11-19(28-4)12-10-18)14-23-25-22-24-20-7-5-6-8-21(20)26(22)3/h5-14H,1-4H3,(H,24,25)/b23-14-. The molecule has 1 N–H and O–H groups in total. The van der Waals surface area contributed by atoms with Gasteiger partial charge in [0.2, 0.25) is 5.95 Å². The van der Waals surface area contributed by atoms with E-state index in [0.717, 1.165) is 39.4 Å². The third kappa shape index (κ3) is 3.13. The van der Waals surface area contributed by atoms with Gasteiger partial charge in [-0.05, 0) is 56.3 Å². The van der Waals surface area contributed by atoms with Crippen molar-refractivity contribution in [1.82, 2.24) is 14.1 Å². The Morgan fingerprint density at radius 3 is 2.54 bits per heavy atom. The molecule has 0 aliphatic heterocycles. The second-order valence-corrected chi connectivity index (χ2v) is 6.71. The molecular formula is C22H23N5O. The Balaban J connectivity index is 1.58. The fraction of sp³-hybridized carbons (Fsp3) is 0.182. The van der Waals surface area contributed by atoms with Crippen molar-refractivity contribution in [1.29, 1.82) is 0 Å². The van der Waals surface area contributed by atoms with Gasteiger partial charge in [0.1, 0.15) is 5.75 Å². The number of rotatable bonds is 5. The van der Waals surface area contributed by atoms with Crippen molar-refractivity contribution < 1.29 is 4.74 Å². The highest BCUT2D eigenvalue weighted by Gasteiger charge is 2.10. The molecule has 0 atom stereocenters. The van der Waals surface area contributed by atoms with Crippen LogP contribution in [0.25, 0.3) is 16.7 Å². The maximum atomic E-state index is 5.25. The van der Waals surface area contributed by atoms with E-state index in [1.165, 1.54) is 0 Å². The molecule has 0 unspecified atom stereocenters. The summed E-state index contributed by atoms with van der Waals surface area (Å²) in [5.74, 6) is 1.56. The number of methoxy groups -OCH3 is 1. The Hall–Kier alpha value is -3.54. The van der Waals surface area contributed by atoms with Gasteiger partial charge >= 0.3 is 0 Å². The monoisotopic (exact) mass is 373 g/mol. The van der Waals surface area contributed by atoms with Crippen LogP contribution in [0.4, 0.5) is 5.95 Å². The number of anilines is 1. The van der Waals surface area contributed by atoms with Gasteiger partial charge in [-0.25, -0.2) is 10.4 Å². The summed E-state index contributed by atoms with van der Waals surface area (Å²) in [5, 5.41) is 4.41. The quantitative estimate of drug-likeness (QED) is 0.416. The van der Waals surface area contributed by atoms with Crippen LogP contribution in [0.5, 0.6) is 5.75 Å². The van der Waals surface area contributed by atoms with Crippen molar-refractivity contribution >= 4 is 23.2 Å². The number of hydrogen-bond donors (Lipinski definition) is 1. The van der Waals surface area contributed by atoms with E-state index >= 15 is 0 Å². The number of benzene rings is 2. The van der Waals surface area contributed by atoms with Crippen LogP contribution < -0.4 is 10.2 Å². The molecule has 0 fully saturated rings. The zero-order valence-electron chi connectivity index (χ0n) is 16.5. The lowest BCUT2D eigenvalue weighted by Crippen LogP contribution is -2.01. The van der Waals surface area contributed by atoms with E-state index in [9.17, 15) is 0 Å². The minimum absolute atomic E-state index is 0.710. The number of ether oxygens (including phenoxy) is 1. The molecule has 0 bridgehead atoms. The summed E-state index contributed by atoms with van der Waals surface area (Å²) in [6.07, 6.45) is 1.84. The number of nitrogens with one attached hydrogen (secondary N) is 1. The van der Waals surface area contributed by atoms with Crippen molar-refractivity contribution in [3.63, 3.8) is 0 Å². The zero-order chi connectivity index (χ0) is 19.7. The second-order valence-electron chi connectivity index (χ2n) is 6.71. The van der Waals surface area contributed by atoms with Gasteiger partial charge in [-0.2, -0.15) is 5.10 Å². The first-order valence-electron chi connectivity index (χ1n) is 9.12. The normalized spacial score (nSPS) is 11.4. The van der Waals surface area contributed by atoms with E-state index in [1.807, 2.05) is 54.2 Å². The molecule has 0 aliphatic rings. The SMILES string of the molecule is COc1ccc(-n2c(C)cc(/C=N\Nc3nc4ccccc4n3C)c2C)cc1. The number of hydrazone groups is 1. The first-order valence-corrected chi connectivity index (χ1v) is 9.12. The van der Waals surface area contributed by atoms with Gasteiger partial charge in [-0.15, -0.1) is 0 Å². The van der Waals surface area contributed by atoms with Gasteiger partial charge in [0.25, 0.3) is 0 Å². The molecule has 142 valence electrons. The third-order valence-electron chi connectivity index (χ3n) is 4.96. The first-order chi connectivity index (χ1) is 13.6. The smallest absolute Gasteiger partial charge is 0.224 e. The molecule has 2 heterocycles. The topological polar surface area (TPSA) is 56.4 Å². The summed E-state index contributed by atoms with van der Waals surface area (Å²) in [6, 6.07) is 18.2. The van der Waals surface area contributed by atoms with E-state index in [2.05, 4.69) is 52.1 Å². The van der Waals surface area contributed by atoms with E-state index in [-0.39, 0.29) is 0 Å². The van der Waals surface area contributed by atoms with E-state index in [1.54, 1.807) is 7.11 Å². The lowest BCUT2D eigenvalue weighted by molar-refractivity contribution is 0.414. The van der Waals surface area contributed by atoms with Crippen molar-refractivity contribution in [2.75, 3.05) is 12.5 Å². The molecule has 0 spiro atoms. The number of aryl methyl sites for hydroxylation is 2. The Morgan fingerprint density at radius 1 is 1.07 bits per heavy atom. The fourth-order valence-electron chi connectivity index (χ4n) is 3.45. The highest BCUT2D eigenvalue weighted by Crippen LogP contribution is 2.22. The van der Waals surface area contributed by atoms with Crippen molar-refractivity contribution in [2.45, 2.75) is 13.8 Å². The Morgan fingerprint density at radius 2 is 1.82 bits per heavy atom. The van der Waals surface area contributed by atoms with Gasteiger partial charge in [-0.3, -0.25) is 0 Å². The molecule has 2 aromatic carbocycles. The van der Waals surface area contributed by atoms with E-state index < -0.39 is 0 Å². The molecular weight excluding hydrogens is 350 g/mol. The Bertz CT molecular complexity index is 1150. The average molecular weight is 373 g/mol. The highest BCUT2D eigenvalue weighted by molar-refractivity contribution is 5.83. The largest absolute Gasteiger partial charge is 0.497 e. The van der Waals surface area contributed by atoms with Crippen LogP contribution in [0.1, 0.15) is 17.0 Å². The molecule has 0 amide bonds. The first kappa shape index (κ1) is 17.9. The van der Waals surface area contributed by atoms with Crippen LogP contribution in [0.3, 0.4) is 0 Å². The number of imidazole rings is 1. The summed E-state index contributed by atoms with van der Waals surface area (Å²) in [7, 11) is 3.65. The molecule has 6 heteroatoms. The van der Waals surface area contributed by atoms with Gasteiger partial charge < -0.3 is 13.9 Å². The molecule has 4 aromatic rings. The Labute approximate surface area is 164 Å². The summed E-state index contributed by atoms with van der Waals surface area (Å²) in [4.78, 5) is 4.57. The molecule has 0 saturated carbocycles. The summed E-state index contributed by atoms with van der Waals surface area (Å²) < 4.78 is 9.45. The summed E-state index contributed by atoms with van der Waals surface area (Å²) >= 11 is 0. The van der Waals surface area contributed by atoms with Crippen LogP contribution in [-0.2, 0) is 7.05 Å². The lowest BCUT2D eigenvalue weighted by atomic mass is 10.2. The molecule has 28 heavy (non-hydrogen) atoms. The average Bonchev–Trinajstić information content (AvgIpc) is 3.18. The number of nitrogens with zero attached hydrogens (tertiary/aromatic N) is 4. The van der Waals surface area contributed by atoms with Crippen molar-refractivity contribution in [3.8, 4) is 11.4 Å². The van der Waals surface area contributed by atoms with Crippen LogP contribution in [0.2, 0.25) is 0 Å². The summed E-state index contributed by atoms with van der Waals surface area (Å²) in [5.41, 5.74) is 9.49. The minimum Gasteiger partial charge on any atom is -0.497 e. The van der Waals surface area contributed by atoms with E-state index in [0.29, 0.717) is 5.95 Å². The van der Waals surface area contributed by atoms with E-state index in [4.69, 9.17) is 4.74 Å². The lowest BCUT2D eigenvalue weighted by Gasteiger charge is -2.10. The zero-order valence-corrected chi connectivity index (χ0v) is 16.5. The predicted molar refractivity (Wildman–Crippen MR) is 114 cm³/mol. The van der Waals surface area contributed by atoms with Gasteiger partial charge in [0, 0.05) is 29.7 Å². The van der Waals surface area contributed by atoms with Gasteiger partial charge in [0.05, 0.1) is 24.4 Å². The van der Waals surface area contributed by atoms with Crippen LogP contribution in [-0.4, -0.2) is 27.4 Å². The highest BCUT2D eigenvalue weighted by atomic mass is 16.5. The maximum Gasteiger partial charge on any atom is 0.224 e. The van der Waals surface area contributed by atoms with Crippen LogP contribution >= 0.6 is 0 Å². The van der Waals surface area contributed by atoms with Crippen molar-refractivity contribution in [2.24, 2.45) is 12.1 Å². The predicted octanol–water partition coefficient (Wildman–Crippen LogP) is 4.44. The number of hydrogen-bond acceptors (Lipinski definition) is 4. The van der Waals surface area contributed by atoms with Crippen LogP contribution in [0, 0.1) is 13.8 Å². The Kier molecular flexibility index (Phi) is 4.61. The fourth-order valence-corrected chi connectivity index (χ4v) is 3.45. The second kappa shape index (κ2) is 7.23. The number of para-hydroxylation sites is 2. The number of fused-ring (bicyclic) bond motifs is 1. The molecule has 4 rings (SSSR count). The minimum atomic E-state index is 0.710. The van der Waals surface area contributed by atoms with Crippen molar-refractivity contribution in [3.05, 3.63) is 71.5 Å². The maximum absolute atomic E-state index is 5.25. The third-order valence-corrected chi connectivity index (χ3v) is 4.96. The summed E-state index contributed by atoms with van der Waals surface area (Å²) in [6.45, 7) is 4.18. The van der Waals surface area contributed by atoms with Gasteiger partial charge in [-0.1, -0.05) is 12.1 Å². The number of aromatic nitrogens is 3. The molecule has 0 saturated heterocycles. The van der Waals surface area contributed by atoms with Gasteiger partial charge in [0.15, 0.2) is 0 Å². The molecule has 6 nitrogen and oxygen atoms in total. The molecule has 2 aromatic heterocycles.